The van der Waals surface area contributed by atoms with Crippen LogP contribution in [0.3, 0.4) is 0 Å². The van der Waals surface area contributed by atoms with E-state index in [1.54, 1.807) is 0 Å². The number of aliphatic hydroxyl groups excluding tert-OH is 1. The van der Waals surface area contributed by atoms with Crippen molar-refractivity contribution in [3.63, 3.8) is 0 Å². The van der Waals surface area contributed by atoms with Gasteiger partial charge in [0, 0.05) is 13.1 Å². The van der Waals surface area contributed by atoms with E-state index in [0.29, 0.717) is 19.4 Å². The number of rotatable bonds is 1. The molecule has 92 valence electrons. The quantitative estimate of drug-likeness (QED) is 0.747. The molecule has 1 N–H and O–H groups in total. The van der Waals surface area contributed by atoms with Gasteiger partial charge in [0.05, 0.1) is 6.10 Å². The molecule has 2 rings (SSSR count). The van der Waals surface area contributed by atoms with Crippen molar-refractivity contribution in [3.05, 3.63) is 0 Å². The first-order valence-corrected chi connectivity index (χ1v) is 5.41. The van der Waals surface area contributed by atoms with Crippen molar-refractivity contribution in [3.8, 4) is 0 Å². The maximum Gasteiger partial charge on any atom is 0.403 e. The molecule has 16 heavy (non-hydrogen) atoms. The number of carbonyl (C=O) groups is 1. The lowest BCUT2D eigenvalue weighted by atomic mass is 10.0. The number of nitrogens with zero attached hydrogens (tertiary/aromatic N) is 1. The minimum atomic E-state index is -4.45. The van der Waals surface area contributed by atoms with Gasteiger partial charge in [-0.3, -0.25) is 4.79 Å². The zero-order chi connectivity index (χ0) is 12.0. The molecular weight excluding hydrogens is 223 g/mol. The number of piperidine rings is 1. The summed E-state index contributed by atoms with van der Waals surface area (Å²) in [6.45, 7) is 0.365. The molecule has 6 heteroatoms. The van der Waals surface area contributed by atoms with Crippen LogP contribution in [-0.2, 0) is 4.79 Å². The van der Waals surface area contributed by atoms with E-state index in [-0.39, 0.29) is 19.4 Å². The summed E-state index contributed by atoms with van der Waals surface area (Å²) in [5, 5.41) is 9.34. The van der Waals surface area contributed by atoms with Crippen LogP contribution in [0, 0.1) is 5.41 Å². The van der Waals surface area contributed by atoms with Crippen LogP contribution in [0.15, 0.2) is 0 Å². The second kappa shape index (κ2) is 3.61. The van der Waals surface area contributed by atoms with Gasteiger partial charge in [-0.1, -0.05) is 0 Å². The third-order valence-corrected chi connectivity index (χ3v) is 3.39. The molecular formula is C10H14F3NO2. The summed E-state index contributed by atoms with van der Waals surface area (Å²) < 4.78 is 38.1. The number of likely N-dealkylation sites (tertiary alicyclic amines) is 1. The molecule has 0 radical (unpaired) electrons. The van der Waals surface area contributed by atoms with Crippen LogP contribution in [0.4, 0.5) is 13.2 Å². The molecule has 3 nitrogen and oxygen atoms in total. The van der Waals surface area contributed by atoms with Gasteiger partial charge in [0.1, 0.15) is 5.41 Å². The highest BCUT2D eigenvalue weighted by Gasteiger charge is 2.69. The van der Waals surface area contributed by atoms with E-state index in [9.17, 15) is 23.1 Å². The first kappa shape index (κ1) is 11.7. The fourth-order valence-electron chi connectivity index (χ4n) is 2.19. The highest BCUT2D eigenvalue weighted by Crippen LogP contribution is 2.58. The summed E-state index contributed by atoms with van der Waals surface area (Å²) in [5.74, 6) is -0.848. The van der Waals surface area contributed by atoms with Crippen LogP contribution < -0.4 is 0 Å². The molecule has 1 saturated heterocycles. The molecule has 2 fully saturated rings. The predicted molar refractivity (Wildman–Crippen MR) is 49.5 cm³/mol. The van der Waals surface area contributed by atoms with Gasteiger partial charge in [0.15, 0.2) is 0 Å². The van der Waals surface area contributed by atoms with Crippen LogP contribution in [0.5, 0.6) is 0 Å². The number of carbonyl (C=O) groups excluding carboxylic acids is 1. The van der Waals surface area contributed by atoms with Crippen molar-refractivity contribution in [2.75, 3.05) is 13.1 Å². The average Bonchev–Trinajstić information content (AvgIpc) is 2.96. The highest BCUT2D eigenvalue weighted by atomic mass is 19.4. The second-order valence-corrected chi connectivity index (χ2v) is 4.63. The smallest absolute Gasteiger partial charge is 0.391 e. The minimum absolute atomic E-state index is 0.0384. The van der Waals surface area contributed by atoms with E-state index >= 15 is 0 Å². The van der Waals surface area contributed by atoms with Crippen LogP contribution in [-0.4, -0.2) is 41.3 Å². The molecule has 1 atom stereocenters. The van der Waals surface area contributed by atoms with E-state index in [2.05, 4.69) is 0 Å². The van der Waals surface area contributed by atoms with Crippen LogP contribution in [0.1, 0.15) is 25.7 Å². The largest absolute Gasteiger partial charge is 0.403 e. The summed E-state index contributed by atoms with van der Waals surface area (Å²) in [6, 6.07) is 0. The van der Waals surface area contributed by atoms with E-state index in [0.717, 1.165) is 4.90 Å². The Labute approximate surface area is 91.2 Å². The van der Waals surface area contributed by atoms with E-state index in [4.69, 9.17) is 0 Å². The standard InChI is InChI=1S/C10H14F3NO2/c11-10(12,13)9(3-4-9)8(16)14-5-1-2-7(15)6-14/h7,15H,1-6H2. The van der Waals surface area contributed by atoms with Gasteiger partial charge < -0.3 is 10.0 Å². The molecule has 0 bridgehead atoms. The minimum Gasteiger partial charge on any atom is -0.391 e. The van der Waals surface area contributed by atoms with E-state index < -0.39 is 23.6 Å². The first-order valence-electron chi connectivity index (χ1n) is 5.41. The Balaban J connectivity index is 2.08. The Morgan fingerprint density at radius 3 is 2.44 bits per heavy atom. The highest BCUT2D eigenvalue weighted by molar-refractivity contribution is 5.86. The Morgan fingerprint density at radius 2 is 2.00 bits per heavy atom. The molecule has 1 aliphatic carbocycles. The number of β-amino-alcohol motifs (C(OH)–C–C–N with tert-alkyl or cyclic N) is 1. The Hall–Kier alpha value is -0.780. The van der Waals surface area contributed by atoms with Gasteiger partial charge in [0.2, 0.25) is 5.91 Å². The number of alkyl halides is 3. The fraction of sp³-hybridized carbons (Fsp3) is 0.900. The van der Waals surface area contributed by atoms with Crippen LogP contribution in [0.2, 0.25) is 0 Å². The molecule has 0 aromatic rings. The SMILES string of the molecule is O=C(N1CCCC(O)C1)C1(C(F)(F)F)CC1. The third-order valence-electron chi connectivity index (χ3n) is 3.39. The molecule has 0 spiro atoms. The number of hydrogen-bond donors (Lipinski definition) is 1. The lowest BCUT2D eigenvalue weighted by Gasteiger charge is -2.33. The maximum absolute atomic E-state index is 12.7. The lowest BCUT2D eigenvalue weighted by Crippen LogP contribution is -2.49. The van der Waals surface area contributed by atoms with Crippen molar-refractivity contribution in [2.45, 2.75) is 38.0 Å². The van der Waals surface area contributed by atoms with Gasteiger partial charge in [0.25, 0.3) is 0 Å². The van der Waals surface area contributed by atoms with Crippen molar-refractivity contribution >= 4 is 5.91 Å². The van der Waals surface area contributed by atoms with Crippen LogP contribution >= 0.6 is 0 Å². The fourth-order valence-corrected chi connectivity index (χ4v) is 2.19. The van der Waals surface area contributed by atoms with Crippen molar-refractivity contribution in [2.24, 2.45) is 5.41 Å². The molecule has 0 aromatic heterocycles. The zero-order valence-electron chi connectivity index (χ0n) is 8.76. The molecule has 2 aliphatic rings. The Morgan fingerprint density at radius 1 is 1.38 bits per heavy atom. The van der Waals surface area contributed by atoms with E-state index in [1.165, 1.54) is 0 Å². The third kappa shape index (κ3) is 1.79. The normalized spacial score (nSPS) is 29.0. The molecule has 1 unspecified atom stereocenters. The van der Waals surface area contributed by atoms with Gasteiger partial charge in [-0.2, -0.15) is 13.2 Å². The zero-order valence-corrected chi connectivity index (χ0v) is 8.76. The van der Waals surface area contributed by atoms with Gasteiger partial charge in [-0.25, -0.2) is 0 Å². The number of halogens is 3. The summed E-state index contributed by atoms with van der Waals surface area (Å²) in [5.41, 5.74) is -2.13. The predicted octanol–water partition coefficient (Wildman–Crippen LogP) is 1.31. The molecule has 0 aromatic carbocycles. The van der Waals surface area contributed by atoms with Crippen LogP contribution in [0.25, 0.3) is 0 Å². The van der Waals surface area contributed by atoms with Crippen molar-refractivity contribution in [1.29, 1.82) is 0 Å². The van der Waals surface area contributed by atoms with Crippen molar-refractivity contribution < 1.29 is 23.1 Å². The summed E-state index contributed by atoms with van der Waals surface area (Å²) in [7, 11) is 0. The molecule has 1 aliphatic heterocycles. The van der Waals surface area contributed by atoms with Gasteiger partial charge in [-0.05, 0) is 25.7 Å². The Kier molecular flexibility index (Phi) is 2.64. The molecule has 1 amide bonds. The monoisotopic (exact) mass is 237 g/mol. The van der Waals surface area contributed by atoms with Gasteiger partial charge in [-0.15, -0.1) is 0 Å². The number of amides is 1. The average molecular weight is 237 g/mol. The summed E-state index contributed by atoms with van der Waals surface area (Å²) in [6.07, 6.45) is -4.22. The van der Waals surface area contributed by atoms with Crippen molar-refractivity contribution in [1.82, 2.24) is 4.90 Å². The maximum atomic E-state index is 12.7. The molecule has 1 saturated carbocycles. The lowest BCUT2D eigenvalue weighted by molar-refractivity contribution is -0.199. The molecule has 1 heterocycles. The Bertz CT molecular complexity index is 299. The first-order chi connectivity index (χ1) is 7.37. The number of aliphatic hydroxyl groups is 1. The number of hydrogen-bond acceptors (Lipinski definition) is 2. The summed E-state index contributed by atoms with van der Waals surface area (Å²) in [4.78, 5) is 12.9. The summed E-state index contributed by atoms with van der Waals surface area (Å²) >= 11 is 0. The topological polar surface area (TPSA) is 40.5 Å². The van der Waals surface area contributed by atoms with Gasteiger partial charge >= 0.3 is 6.18 Å². The van der Waals surface area contributed by atoms with E-state index in [1.807, 2.05) is 0 Å². The second-order valence-electron chi connectivity index (χ2n) is 4.63.